The topological polar surface area (TPSA) is 29.5 Å². The number of rotatable bonds is 7. The van der Waals surface area contributed by atoms with Crippen LogP contribution in [0.4, 0.5) is 17.1 Å². The smallest absolute Gasteiger partial charge is 0.500 e. The molecule has 0 saturated heterocycles. The van der Waals surface area contributed by atoms with Crippen LogP contribution in [-0.4, -0.2) is 0 Å². The Bertz CT molecular complexity index is 3580. The van der Waals surface area contributed by atoms with Gasteiger partial charge in [-0.3, -0.25) is 0 Å². The van der Waals surface area contributed by atoms with Gasteiger partial charge in [-0.1, -0.05) is 150 Å². The summed E-state index contributed by atoms with van der Waals surface area (Å²) in [6, 6.07) is 82.1. The molecule has 62 heavy (non-hydrogen) atoms. The van der Waals surface area contributed by atoms with Crippen LogP contribution in [0.1, 0.15) is 0 Å². The van der Waals surface area contributed by atoms with E-state index in [-0.39, 0.29) is 31.1 Å². The normalized spacial score (nSPS) is 11.4. The van der Waals surface area contributed by atoms with E-state index < -0.39 is 0 Å². The molecule has 0 saturated carbocycles. The molecule has 0 atom stereocenters. The van der Waals surface area contributed by atoms with Crippen molar-refractivity contribution in [2.24, 2.45) is 0 Å². The van der Waals surface area contributed by atoms with Crippen LogP contribution in [0.15, 0.2) is 221 Å². The fourth-order valence-electron chi connectivity index (χ4n) is 8.98. The number of hydrogen-bond donors (Lipinski definition) is 0. The van der Waals surface area contributed by atoms with E-state index in [1.165, 1.54) is 16.3 Å². The maximum Gasteiger partial charge on any atom is 2.00 e. The second-order valence-corrected chi connectivity index (χ2v) is 15.5. The largest absolute Gasteiger partial charge is 2.00 e. The van der Waals surface area contributed by atoms with Gasteiger partial charge in [-0.2, -0.15) is 35.9 Å². The van der Waals surface area contributed by atoms with Gasteiger partial charge in [0.05, 0.1) is 16.9 Å². The van der Waals surface area contributed by atoms with Gasteiger partial charge in [0, 0.05) is 33.8 Å². The van der Waals surface area contributed by atoms with E-state index in [2.05, 4.69) is 187 Å². The molecule has 2 heterocycles. The van der Waals surface area contributed by atoms with Crippen LogP contribution in [0.25, 0.3) is 99.2 Å². The third kappa shape index (κ3) is 6.52. The Hall–Kier alpha value is -7.09. The Morgan fingerprint density at radius 3 is 1.85 bits per heavy atom. The van der Waals surface area contributed by atoms with Gasteiger partial charge in [0.1, 0.15) is 11.2 Å². The van der Waals surface area contributed by atoms with Crippen molar-refractivity contribution in [1.29, 1.82) is 0 Å². The van der Waals surface area contributed by atoms with E-state index in [4.69, 9.17) is 8.83 Å². The molecule has 0 radical (unpaired) electrons. The van der Waals surface area contributed by atoms with Crippen LogP contribution >= 0.6 is 0 Å². The molecule has 3 nitrogen and oxygen atoms in total. The van der Waals surface area contributed by atoms with Crippen molar-refractivity contribution in [3.8, 4) is 44.5 Å². The molecule has 12 aromatic rings. The molecule has 10 aromatic carbocycles. The molecule has 12 rings (SSSR count). The Morgan fingerprint density at radius 2 is 1.03 bits per heavy atom. The van der Waals surface area contributed by atoms with Gasteiger partial charge in [-0.25, -0.2) is 5.56 Å². The van der Waals surface area contributed by atoms with Crippen molar-refractivity contribution in [2.45, 2.75) is 0 Å². The summed E-state index contributed by atoms with van der Waals surface area (Å²) >= 11 is 0. The van der Waals surface area contributed by atoms with Gasteiger partial charge in [-0.05, 0) is 75.3 Å². The number of benzene rings is 10. The molecule has 0 aliphatic heterocycles. The first-order valence-electron chi connectivity index (χ1n) is 20.6. The standard InChI is InChI=1S/C58H35NO2.U/c1-3-14-39(15-4-1)50-36-53-48-22-10-12-25-56(48)61-58(53)37-51(50)42-28-33-54(52(34-42)40-16-5-2-6-17-40)59(44-31-32-49-47-21-9-11-24-55(47)60-57(49)35-44)43-29-26-41(27-30-43)46-23-13-19-38-18-7-8-20-45(38)46;/h1-14,16-35,37H;/q-2;+2. The van der Waals surface area contributed by atoms with Gasteiger partial charge < -0.3 is 13.7 Å². The molecule has 0 amide bonds. The SMILES string of the molecule is [U+2].[c-]1ccccc1-c1[c-]c2c(cc1-c1ccc(N(c3ccc(-c4cccc5ccccc45)cc3)c3ccc4c(c3)oc3ccccc34)c(-c3ccccc3)c1)oc1ccccc12. The second kappa shape index (κ2) is 15.7. The van der Waals surface area contributed by atoms with Crippen molar-refractivity contribution in [1.82, 2.24) is 0 Å². The number of para-hydroxylation sites is 2. The zero-order valence-corrected chi connectivity index (χ0v) is 37.6. The summed E-state index contributed by atoms with van der Waals surface area (Å²) in [6.07, 6.45) is 0. The summed E-state index contributed by atoms with van der Waals surface area (Å²) < 4.78 is 13.0. The van der Waals surface area contributed by atoms with Crippen molar-refractivity contribution >= 4 is 71.7 Å². The molecule has 0 fully saturated rings. The van der Waals surface area contributed by atoms with Crippen LogP contribution in [-0.2, 0) is 0 Å². The Labute approximate surface area is 382 Å². The summed E-state index contributed by atoms with van der Waals surface area (Å²) in [4.78, 5) is 2.35. The molecule has 0 unspecified atom stereocenters. The zero-order valence-electron chi connectivity index (χ0n) is 33.5. The predicted molar refractivity (Wildman–Crippen MR) is 253 cm³/mol. The molecular weight excluding hydrogens is 981 g/mol. The first-order chi connectivity index (χ1) is 30.2. The average molecular weight is 1020 g/mol. The molecular formula is C58H35NO2U. The van der Waals surface area contributed by atoms with E-state index in [1.54, 1.807) is 0 Å². The van der Waals surface area contributed by atoms with Crippen LogP contribution < -0.4 is 4.90 Å². The molecule has 0 aliphatic rings. The first-order valence-corrected chi connectivity index (χ1v) is 20.6. The number of fused-ring (bicyclic) bond motifs is 7. The monoisotopic (exact) mass is 1020 g/mol. The maximum absolute atomic E-state index is 6.49. The van der Waals surface area contributed by atoms with Crippen LogP contribution in [0.2, 0.25) is 0 Å². The number of nitrogens with zero attached hydrogens (tertiary/aromatic N) is 1. The third-order valence-electron chi connectivity index (χ3n) is 11.9. The fraction of sp³-hybridized carbons (Fsp3) is 0. The van der Waals surface area contributed by atoms with Crippen molar-refractivity contribution in [3.63, 3.8) is 0 Å². The maximum atomic E-state index is 6.49. The summed E-state index contributed by atoms with van der Waals surface area (Å²) in [5.41, 5.74) is 15.0. The van der Waals surface area contributed by atoms with E-state index in [0.29, 0.717) is 0 Å². The minimum Gasteiger partial charge on any atom is -0.500 e. The minimum atomic E-state index is 0. The van der Waals surface area contributed by atoms with Crippen LogP contribution in [0.3, 0.4) is 0 Å². The van der Waals surface area contributed by atoms with Gasteiger partial charge in [0.15, 0.2) is 0 Å². The van der Waals surface area contributed by atoms with Crippen molar-refractivity contribution in [3.05, 3.63) is 224 Å². The molecule has 2 aromatic heterocycles. The molecule has 0 bridgehead atoms. The molecule has 288 valence electrons. The summed E-state index contributed by atoms with van der Waals surface area (Å²) in [5, 5.41) is 6.66. The summed E-state index contributed by atoms with van der Waals surface area (Å²) in [7, 11) is 0. The first kappa shape index (κ1) is 37.9. The van der Waals surface area contributed by atoms with E-state index >= 15 is 0 Å². The fourth-order valence-corrected chi connectivity index (χ4v) is 8.98. The molecule has 0 spiro atoms. The van der Waals surface area contributed by atoms with Gasteiger partial charge in [-0.15, -0.1) is 11.6 Å². The summed E-state index contributed by atoms with van der Waals surface area (Å²) in [5.74, 6) is 0. The quantitative estimate of drug-likeness (QED) is 0.149. The zero-order chi connectivity index (χ0) is 40.3. The average Bonchev–Trinajstić information content (AvgIpc) is 3.89. The van der Waals surface area contributed by atoms with Gasteiger partial charge in [0.2, 0.25) is 0 Å². The van der Waals surface area contributed by atoms with E-state index in [9.17, 15) is 0 Å². The number of furan rings is 2. The predicted octanol–water partition coefficient (Wildman–Crippen LogP) is 16.4. The Balaban J connectivity index is 0.00000432. The van der Waals surface area contributed by atoms with E-state index in [0.717, 1.165) is 99.9 Å². The molecule has 4 heteroatoms. The summed E-state index contributed by atoms with van der Waals surface area (Å²) in [6.45, 7) is 0. The van der Waals surface area contributed by atoms with E-state index in [1.807, 2.05) is 42.5 Å². The third-order valence-corrected chi connectivity index (χ3v) is 11.9. The Kier molecular flexibility index (Phi) is 9.62. The molecule has 0 aliphatic carbocycles. The van der Waals surface area contributed by atoms with Crippen LogP contribution in [0, 0.1) is 43.2 Å². The van der Waals surface area contributed by atoms with Crippen molar-refractivity contribution in [2.75, 3.05) is 4.90 Å². The second-order valence-electron chi connectivity index (χ2n) is 15.5. The van der Waals surface area contributed by atoms with Gasteiger partial charge >= 0.3 is 31.1 Å². The number of anilines is 3. The van der Waals surface area contributed by atoms with Gasteiger partial charge in [0.25, 0.3) is 0 Å². The van der Waals surface area contributed by atoms with Crippen molar-refractivity contribution < 1.29 is 39.9 Å². The Morgan fingerprint density at radius 1 is 0.387 bits per heavy atom. The van der Waals surface area contributed by atoms with Crippen LogP contribution in [0.5, 0.6) is 0 Å². The molecule has 0 N–H and O–H groups in total. The number of hydrogen-bond acceptors (Lipinski definition) is 3. The minimum absolute atomic E-state index is 0.